The first-order valence-corrected chi connectivity index (χ1v) is 8.21. The fraction of sp³-hybridized carbons (Fsp3) is 0.625. The predicted molar refractivity (Wildman–Crippen MR) is 86.2 cm³/mol. The van der Waals surface area contributed by atoms with E-state index in [-0.39, 0.29) is 17.4 Å². The van der Waals surface area contributed by atoms with Crippen molar-refractivity contribution in [2.75, 3.05) is 11.9 Å². The average Bonchev–Trinajstić information content (AvgIpc) is 3.11. The summed E-state index contributed by atoms with van der Waals surface area (Å²) in [7, 11) is 0. The zero-order valence-electron chi connectivity index (χ0n) is 13.8. The third-order valence-corrected chi connectivity index (χ3v) is 4.43. The highest BCUT2D eigenvalue weighted by Crippen LogP contribution is 2.31. The van der Waals surface area contributed by atoms with Crippen LogP contribution in [0.1, 0.15) is 45.9 Å². The van der Waals surface area contributed by atoms with E-state index in [1.807, 2.05) is 17.0 Å². The third-order valence-electron chi connectivity index (χ3n) is 4.43. The fourth-order valence-electron chi connectivity index (χ4n) is 3.11. The molecule has 1 amide bonds. The number of hydrogen-bond donors (Lipinski definition) is 1. The van der Waals surface area contributed by atoms with Crippen LogP contribution in [-0.2, 0) is 10.2 Å². The molecule has 1 saturated carbocycles. The average molecular weight is 314 g/mol. The number of carbonyl (C=O) groups is 1. The Kier molecular flexibility index (Phi) is 3.08. The minimum atomic E-state index is -0.128. The number of carbonyl (C=O) groups excluding carboxylic acids is 1. The van der Waals surface area contributed by atoms with Gasteiger partial charge in [0.1, 0.15) is 5.82 Å². The Morgan fingerprint density at radius 2 is 2.00 bits per heavy atom. The number of rotatable bonds is 3. The topological polar surface area (TPSA) is 75.4 Å². The zero-order valence-corrected chi connectivity index (χ0v) is 13.8. The Labute approximate surface area is 135 Å². The van der Waals surface area contributed by atoms with Gasteiger partial charge in [-0.25, -0.2) is 0 Å². The maximum Gasteiger partial charge on any atom is 0.225 e. The largest absolute Gasteiger partial charge is 0.364 e. The molecule has 1 unspecified atom stereocenters. The van der Waals surface area contributed by atoms with E-state index in [1.165, 1.54) is 0 Å². The molecule has 0 spiro atoms. The Bertz CT molecular complexity index is 758. The van der Waals surface area contributed by atoms with Crippen LogP contribution >= 0.6 is 0 Å². The van der Waals surface area contributed by atoms with E-state index in [1.54, 1.807) is 4.52 Å². The van der Waals surface area contributed by atoms with Gasteiger partial charge in [-0.2, -0.15) is 4.52 Å². The van der Waals surface area contributed by atoms with E-state index in [0.29, 0.717) is 12.5 Å². The van der Waals surface area contributed by atoms with E-state index in [2.05, 4.69) is 41.4 Å². The summed E-state index contributed by atoms with van der Waals surface area (Å²) >= 11 is 0. The minimum Gasteiger partial charge on any atom is -0.364 e. The van der Waals surface area contributed by atoms with Crippen molar-refractivity contribution in [1.29, 1.82) is 0 Å². The number of hydrogen-bond acceptors (Lipinski definition) is 5. The maximum atomic E-state index is 12.1. The van der Waals surface area contributed by atoms with E-state index < -0.39 is 0 Å². The molecule has 4 rings (SSSR count). The summed E-state index contributed by atoms with van der Waals surface area (Å²) in [5.74, 6) is 1.85. The SMILES string of the molecule is CC(C)(C)c1nnc2ccc(NC3CC(=O)N(C4CC4)C3)nn12. The van der Waals surface area contributed by atoms with Crippen molar-refractivity contribution in [3.05, 3.63) is 18.0 Å². The van der Waals surface area contributed by atoms with Gasteiger partial charge in [0.05, 0.1) is 6.04 Å². The van der Waals surface area contributed by atoms with Gasteiger partial charge in [-0.1, -0.05) is 20.8 Å². The first-order valence-electron chi connectivity index (χ1n) is 8.21. The molecule has 1 aliphatic carbocycles. The molecule has 7 heteroatoms. The van der Waals surface area contributed by atoms with Crippen molar-refractivity contribution < 1.29 is 4.79 Å². The van der Waals surface area contributed by atoms with Crippen LogP contribution in [0.5, 0.6) is 0 Å². The molecule has 7 nitrogen and oxygen atoms in total. The van der Waals surface area contributed by atoms with Crippen LogP contribution in [0, 0.1) is 0 Å². The second-order valence-corrected chi connectivity index (χ2v) is 7.58. The summed E-state index contributed by atoms with van der Waals surface area (Å²) in [5.41, 5.74) is 0.611. The molecule has 2 aromatic rings. The number of nitrogens with one attached hydrogen (secondary N) is 1. The van der Waals surface area contributed by atoms with Crippen molar-refractivity contribution in [3.8, 4) is 0 Å². The molecule has 0 bridgehead atoms. The number of anilines is 1. The highest BCUT2D eigenvalue weighted by atomic mass is 16.2. The molecule has 0 aromatic carbocycles. The van der Waals surface area contributed by atoms with Gasteiger partial charge < -0.3 is 10.2 Å². The van der Waals surface area contributed by atoms with Crippen molar-refractivity contribution in [1.82, 2.24) is 24.7 Å². The molecule has 1 aliphatic heterocycles. The van der Waals surface area contributed by atoms with Crippen LogP contribution in [0.15, 0.2) is 12.1 Å². The third kappa shape index (κ3) is 2.64. The lowest BCUT2D eigenvalue weighted by Gasteiger charge is -2.17. The Morgan fingerprint density at radius 3 is 2.70 bits per heavy atom. The maximum absolute atomic E-state index is 12.1. The summed E-state index contributed by atoms with van der Waals surface area (Å²) in [5, 5.41) is 16.5. The van der Waals surface area contributed by atoms with Gasteiger partial charge in [0, 0.05) is 24.4 Å². The van der Waals surface area contributed by atoms with Crippen LogP contribution < -0.4 is 5.32 Å². The molecule has 122 valence electrons. The van der Waals surface area contributed by atoms with Crippen LogP contribution in [0.4, 0.5) is 5.82 Å². The van der Waals surface area contributed by atoms with Crippen LogP contribution in [0.3, 0.4) is 0 Å². The number of amides is 1. The molecule has 1 atom stereocenters. The molecule has 23 heavy (non-hydrogen) atoms. The second-order valence-electron chi connectivity index (χ2n) is 7.58. The Hall–Kier alpha value is -2.18. The van der Waals surface area contributed by atoms with Gasteiger partial charge in [0.2, 0.25) is 5.91 Å². The quantitative estimate of drug-likeness (QED) is 0.931. The highest BCUT2D eigenvalue weighted by Gasteiger charge is 2.39. The second kappa shape index (κ2) is 4.91. The number of likely N-dealkylation sites (tertiary alicyclic amines) is 1. The van der Waals surface area contributed by atoms with Gasteiger partial charge >= 0.3 is 0 Å². The first kappa shape index (κ1) is 14.4. The molecular formula is C16H22N6O. The molecule has 2 aliphatic rings. The summed E-state index contributed by atoms with van der Waals surface area (Å²) < 4.78 is 1.79. The number of aromatic nitrogens is 4. The van der Waals surface area contributed by atoms with Crippen LogP contribution in [-0.4, -0.2) is 49.2 Å². The zero-order chi connectivity index (χ0) is 16.2. The fourth-order valence-corrected chi connectivity index (χ4v) is 3.11. The Morgan fingerprint density at radius 1 is 1.22 bits per heavy atom. The van der Waals surface area contributed by atoms with Gasteiger partial charge in [-0.05, 0) is 25.0 Å². The van der Waals surface area contributed by atoms with Crippen molar-refractivity contribution in [3.63, 3.8) is 0 Å². The first-order chi connectivity index (χ1) is 10.9. The van der Waals surface area contributed by atoms with E-state index in [9.17, 15) is 4.79 Å². The van der Waals surface area contributed by atoms with E-state index >= 15 is 0 Å². The Balaban J connectivity index is 1.56. The normalized spacial score (nSPS) is 22.1. The van der Waals surface area contributed by atoms with Gasteiger partial charge in [0.15, 0.2) is 11.5 Å². The van der Waals surface area contributed by atoms with Gasteiger partial charge in [-0.3, -0.25) is 4.79 Å². The van der Waals surface area contributed by atoms with Crippen molar-refractivity contribution in [2.45, 2.75) is 57.5 Å². The minimum absolute atomic E-state index is 0.127. The smallest absolute Gasteiger partial charge is 0.225 e. The predicted octanol–water partition coefficient (Wildman–Crippen LogP) is 1.60. The lowest BCUT2D eigenvalue weighted by Crippen LogP contribution is -2.30. The highest BCUT2D eigenvalue weighted by molar-refractivity contribution is 5.80. The molecule has 2 aromatic heterocycles. The molecular weight excluding hydrogens is 292 g/mol. The lowest BCUT2D eigenvalue weighted by molar-refractivity contribution is -0.128. The summed E-state index contributed by atoms with van der Waals surface area (Å²) in [6.07, 6.45) is 2.85. The standard InChI is InChI=1S/C16H22N6O/c1-16(2,3)15-19-18-13-7-6-12(20-22(13)15)17-10-8-14(23)21(9-10)11-4-5-11/h6-7,10-11H,4-5,8-9H2,1-3H3,(H,17,20). The molecule has 0 radical (unpaired) electrons. The van der Waals surface area contributed by atoms with E-state index in [4.69, 9.17) is 0 Å². The molecule has 1 N–H and O–H groups in total. The van der Waals surface area contributed by atoms with Gasteiger partial charge in [-0.15, -0.1) is 15.3 Å². The van der Waals surface area contributed by atoms with Crippen LogP contribution in [0.2, 0.25) is 0 Å². The molecule has 1 saturated heterocycles. The monoisotopic (exact) mass is 314 g/mol. The van der Waals surface area contributed by atoms with E-state index in [0.717, 1.165) is 36.7 Å². The number of fused-ring (bicyclic) bond motifs is 1. The summed E-state index contributed by atoms with van der Waals surface area (Å²) in [6, 6.07) is 4.42. The van der Waals surface area contributed by atoms with Crippen LogP contribution in [0.25, 0.3) is 5.65 Å². The van der Waals surface area contributed by atoms with Crippen molar-refractivity contribution >= 4 is 17.4 Å². The van der Waals surface area contributed by atoms with Crippen molar-refractivity contribution in [2.24, 2.45) is 0 Å². The van der Waals surface area contributed by atoms with Gasteiger partial charge in [0.25, 0.3) is 0 Å². The summed E-state index contributed by atoms with van der Waals surface area (Å²) in [4.78, 5) is 14.1. The lowest BCUT2D eigenvalue weighted by atomic mass is 9.96. The molecule has 2 fully saturated rings. The number of nitrogens with zero attached hydrogens (tertiary/aromatic N) is 5. The summed E-state index contributed by atoms with van der Waals surface area (Å²) in [6.45, 7) is 7.05. The molecule has 3 heterocycles.